The molecule has 3 rings (SSSR count). The van der Waals surface area contributed by atoms with Crippen LogP contribution in [0, 0.1) is 37.1 Å². The van der Waals surface area contributed by atoms with Gasteiger partial charge in [0.05, 0.1) is 0 Å². The monoisotopic (exact) mass is 400 g/mol. The smallest absolute Gasteiger partial charge is 0.253 e. The third kappa shape index (κ3) is 3.48. The maximum absolute atomic E-state index is 14.1. The first-order valence-electron chi connectivity index (χ1n) is 8.35. The van der Waals surface area contributed by atoms with E-state index in [0.717, 1.165) is 11.1 Å². The molecule has 1 aliphatic heterocycles. The van der Waals surface area contributed by atoms with Crippen molar-refractivity contribution in [2.24, 2.45) is 0 Å². The van der Waals surface area contributed by atoms with E-state index in [1.54, 1.807) is 17.0 Å². The molecule has 0 spiro atoms. The average Bonchev–Trinajstić information content (AvgIpc) is 2.67. The van der Waals surface area contributed by atoms with Crippen molar-refractivity contribution < 1.29 is 22.4 Å². The molecule has 1 saturated heterocycles. The normalized spacial score (nSPS) is 14.6. The molecule has 0 unspecified atom stereocenters. The molecule has 1 fully saturated rings. The highest BCUT2D eigenvalue weighted by Crippen LogP contribution is 2.34. The van der Waals surface area contributed by atoms with Crippen LogP contribution in [-0.2, 0) is 0 Å². The lowest BCUT2D eigenvalue weighted by atomic mass is 10.1. The highest BCUT2D eigenvalue weighted by Gasteiger charge is 2.31. The molecule has 3 nitrogen and oxygen atoms in total. The molecular weight excluding hydrogens is 384 g/mol. The number of aryl methyl sites for hydroxylation is 2. The van der Waals surface area contributed by atoms with Crippen LogP contribution in [0.15, 0.2) is 18.2 Å². The van der Waals surface area contributed by atoms with Crippen molar-refractivity contribution in [3.8, 4) is 0 Å². The first-order chi connectivity index (χ1) is 12.7. The van der Waals surface area contributed by atoms with E-state index in [0.29, 0.717) is 5.56 Å². The Morgan fingerprint density at radius 3 is 1.96 bits per heavy atom. The minimum absolute atomic E-state index is 0.0327. The summed E-state index contributed by atoms with van der Waals surface area (Å²) in [6, 6.07) is 5.36. The second-order valence-corrected chi connectivity index (χ2v) is 6.87. The third-order valence-electron chi connectivity index (χ3n) is 4.82. The van der Waals surface area contributed by atoms with E-state index in [-0.39, 0.29) is 32.1 Å². The van der Waals surface area contributed by atoms with E-state index in [1.807, 2.05) is 19.9 Å². The van der Waals surface area contributed by atoms with Gasteiger partial charge >= 0.3 is 0 Å². The molecule has 2 aromatic rings. The molecule has 0 bridgehead atoms. The Hall–Kier alpha value is -2.28. The first kappa shape index (κ1) is 19.5. The molecule has 0 atom stereocenters. The maximum Gasteiger partial charge on any atom is 0.253 e. The summed E-state index contributed by atoms with van der Waals surface area (Å²) >= 11 is 5.25. The van der Waals surface area contributed by atoms with Crippen LogP contribution in [-0.4, -0.2) is 37.0 Å². The summed E-state index contributed by atoms with van der Waals surface area (Å²) in [5.74, 6) is -6.52. The van der Waals surface area contributed by atoms with Gasteiger partial charge in [-0.3, -0.25) is 4.79 Å². The average molecular weight is 401 g/mol. The number of piperazine rings is 1. The molecule has 27 heavy (non-hydrogen) atoms. The number of carbonyl (C=O) groups is 1. The Bertz CT molecular complexity index is 882. The lowest BCUT2D eigenvalue weighted by Crippen LogP contribution is -2.49. The summed E-state index contributed by atoms with van der Waals surface area (Å²) in [5.41, 5.74) is 1.77. The van der Waals surface area contributed by atoms with Crippen molar-refractivity contribution in [2.75, 3.05) is 31.1 Å². The van der Waals surface area contributed by atoms with Crippen molar-refractivity contribution in [2.45, 2.75) is 13.8 Å². The van der Waals surface area contributed by atoms with Crippen LogP contribution in [0.25, 0.3) is 0 Å². The quantitative estimate of drug-likeness (QED) is 0.422. The molecule has 0 saturated carbocycles. The number of carbonyl (C=O) groups excluding carboxylic acids is 1. The van der Waals surface area contributed by atoms with E-state index in [4.69, 9.17) is 11.6 Å². The fraction of sp³-hybridized carbons (Fsp3) is 0.316. The molecule has 1 aliphatic rings. The summed E-state index contributed by atoms with van der Waals surface area (Å²) in [6.45, 7) is 4.23. The molecule has 0 aliphatic carbocycles. The van der Waals surface area contributed by atoms with Crippen LogP contribution in [0.4, 0.5) is 23.2 Å². The zero-order valence-corrected chi connectivity index (χ0v) is 15.5. The summed E-state index contributed by atoms with van der Waals surface area (Å²) < 4.78 is 55.6. The number of nitrogens with zero attached hydrogens (tertiary/aromatic N) is 2. The Morgan fingerprint density at radius 2 is 1.44 bits per heavy atom. The van der Waals surface area contributed by atoms with E-state index in [9.17, 15) is 22.4 Å². The molecule has 144 valence electrons. The fourth-order valence-electron chi connectivity index (χ4n) is 3.06. The van der Waals surface area contributed by atoms with Gasteiger partial charge in [0.15, 0.2) is 23.3 Å². The first-order valence-corrected chi connectivity index (χ1v) is 8.73. The predicted octanol–water partition coefficient (Wildman–Crippen LogP) is 4.48. The van der Waals surface area contributed by atoms with Crippen LogP contribution in [0.3, 0.4) is 0 Å². The number of hydrogen-bond acceptors (Lipinski definition) is 2. The minimum Gasteiger partial charge on any atom is -0.363 e. The number of anilines is 1. The van der Waals surface area contributed by atoms with Crippen LogP contribution in [0.2, 0.25) is 5.02 Å². The van der Waals surface area contributed by atoms with Gasteiger partial charge in [-0.05, 0) is 37.1 Å². The summed E-state index contributed by atoms with van der Waals surface area (Å²) in [5, 5.41) is -1.21. The minimum atomic E-state index is -1.63. The van der Waals surface area contributed by atoms with Gasteiger partial charge in [0.2, 0.25) is 0 Å². The number of benzene rings is 2. The molecule has 8 heteroatoms. The molecule has 0 N–H and O–H groups in total. The van der Waals surface area contributed by atoms with Crippen LogP contribution in [0.1, 0.15) is 21.5 Å². The second-order valence-electron chi connectivity index (χ2n) is 6.50. The number of amides is 1. The molecule has 1 heterocycles. The zero-order chi connectivity index (χ0) is 19.9. The Kier molecular flexibility index (Phi) is 5.33. The molecular formula is C19H17ClF4N2O. The Balaban J connectivity index is 1.78. The summed E-state index contributed by atoms with van der Waals surface area (Å²) in [4.78, 5) is 15.3. The highest BCUT2D eigenvalue weighted by atomic mass is 35.5. The fourth-order valence-corrected chi connectivity index (χ4v) is 3.23. The van der Waals surface area contributed by atoms with Gasteiger partial charge in [-0.1, -0.05) is 17.7 Å². The Morgan fingerprint density at radius 1 is 0.889 bits per heavy atom. The highest BCUT2D eigenvalue weighted by molar-refractivity contribution is 6.31. The van der Waals surface area contributed by atoms with Crippen molar-refractivity contribution >= 4 is 23.2 Å². The number of rotatable bonds is 2. The van der Waals surface area contributed by atoms with E-state index in [2.05, 4.69) is 0 Å². The Labute approximate surface area is 159 Å². The number of hydrogen-bond donors (Lipinski definition) is 0. The van der Waals surface area contributed by atoms with Gasteiger partial charge in [0.1, 0.15) is 10.7 Å². The van der Waals surface area contributed by atoms with Crippen LogP contribution < -0.4 is 4.90 Å². The largest absolute Gasteiger partial charge is 0.363 e. The molecule has 0 aromatic heterocycles. The van der Waals surface area contributed by atoms with Crippen molar-refractivity contribution in [1.82, 2.24) is 4.90 Å². The van der Waals surface area contributed by atoms with Crippen LogP contribution >= 0.6 is 11.6 Å². The summed E-state index contributed by atoms with van der Waals surface area (Å²) in [6.07, 6.45) is 0. The standard InChI is InChI=1S/C19H17ClF4N2O/c1-10-3-4-12(9-11(10)2)19(27)26-7-5-25(6-8-26)18-16(23)14(21)13(20)15(22)17(18)24/h3-4,9H,5-8H2,1-2H3. The van der Waals surface area contributed by atoms with Gasteiger partial charge in [-0.2, -0.15) is 0 Å². The topological polar surface area (TPSA) is 23.6 Å². The van der Waals surface area contributed by atoms with Gasteiger partial charge in [0, 0.05) is 31.7 Å². The van der Waals surface area contributed by atoms with Gasteiger partial charge in [-0.15, -0.1) is 0 Å². The molecule has 1 amide bonds. The molecule has 0 radical (unpaired) electrons. The lowest BCUT2D eigenvalue weighted by molar-refractivity contribution is 0.0746. The zero-order valence-electron chi connectivity index (χ0n) is 14.8. The third-order valence-corrected chi connectivity index (χ3v) is 5.16. The van der Waals surface area contributed by atoms with Crippen LogP contribution in [0.5, 0.6) is 0 Å². The lowest BCUT2D eigenvalue weighted by Gasteiger charge is -2.36. The SMILES string of the molecule is Cc1ccc(C(=O)N2CCN(c3c(F)c(F)c(Cl)c(F)c3F)CC2)cc1C. The van der Waals surface area contributed by atoms with Gasteiger partial charge in [-0.25, -0.2) is 17.6 Å². The van der Waals surface area contributed by atoms with Gasteiger partial charge < -0.3 is 9.80 Å². The number of halogens is 5. The van der Waals surface area contributed by atoms with E-state index >= 15 is 0 Å². The van der Waals surface area contributed by atoms with Crippen molar-refractivity contribution in [1.29, 1.82) is 0 Å². The summed E-state index contributed by atoms with van der Waals surface area (Å²) in [7, 11) is 0. The van der Waals surface area contributed by atoms with Crippen molar-refractivity contribution in [3.63, 3.8) is 0 Å². The van der Waals surface area contributed by atoms with Crippen molar-refractivity contribution in [3.05, 3.63) is 63.2 Å². The van der Waals surface area contributed by atoms with Gasteiger partial charge in [0.25, 0.3) is 5.91 Å². The second kappa shape index (κ2) is 7.38. The van der Waals surface area contributed by atoms with E-state index < -0.39 is 34.0 Å². The maximum atomic E-state index is 14.1. The predicted molar refractivity (Wildman–Crippen MR) is 95.3 cm³/mol. The molecule has 2 aromatic carbocycles. The van der Waals surface area contributed by atoms with E-state index in [1.165, 1.54) is 4.90 Å².